The molecule has 0 bridgehead atoms. The molecule has 4 aromatic rings. The van der Waals surface area contributed by atoms with Gasteiger partial charge < -0.3 is 9.73 Å². The second-order valence-corrected chi connectivity index (χ2v) is 5.70. The van der Waals surface area contributed by atoms with E-state index in [1.807, 2.05) is 0 Å². The van der Waals surface area contributed by atoms with Crippen molar-refractivity contribution < 1.29 is 8.81 Å². The largest absolute Gasteiger partial charge is 0.463 e. The van der Waals surface area contributed by atoms with Crippen LogP contribution in [0.5, 0.6) is 0 Å². The SMILES string of the molecule is O=c1[nH]nc(-c2ccco2)c2c1Nc1nnnn1[C@@H]2c1cccc(F)c1. The maximum absolute atomic E-state index is 13.9. The lowest BCUT2D eigenvalue weighted by Crippen LogP contribution is -2.29. The van der Waals surface area contributed by atoms with Crippen molar-refractivity contribution >= 4 is 11.6 Å². The Hall–Kier alpha value is -3.82. The van der Waals surface area contributed by atoms with Gasteiger partial charge >= 0.3 is 0 Å². The third-order valence-electron chi connectivity index (χ3n) is 4.19. The topological polar surface area (TPSA) is 115 Å². The average molecular weight is 351 g/mol. The van der Waals surface area contributed by atoms with Crippen molar-refractivity contribution in [3.63, 3.8) is 0 Å². The molecule has 1 aromatic carbocycles. The minimum absolute atomic E-state index is 0.239. The fourth-order valence-corrected chi connectivity index (χ4v) is 3.12. The molecule has 128 valence electrons. The Morgan fingerprint density at radius 1 is 1.23 bits per heavy atom. The molecule has 0 radical (unpaired) electrons. The number of hydrogen-bond acceptors (Lipinski definition) is 7. The number of benzene rings is 1. The van der Waals surface area contributed by atoms with Crippen LogP contribution in [0, 0.1) is 5.82 Å². The highest BCUT2D eigenvalue weighted by Gasteiger charge is 2.35. The first-order chi connectivity index (χ1) is 12.7. The zero-order chi connectivity index (χ0) is 17.7. The van der Waals surface area contributed by atoms with Crippen molar-refractivity contribution in [2.45, 2.75) is 6.04 Å². The first-order valence-corrected chi connectivity index (χ1v) is 7.69. The van der Waals surface area contributed by atoms with Gasteiger partial charge in [0.25, 0.3) is 5.56 Å². The summed E-state index contributed by atoms with van der Waals surface area (Å²) in [4.78, 5) is 12.4. The van der Waals surface area contributed by atoms with Crippen LogP contribution in [0.25, 0.3) is 11.5 Å². The maximum Gasteiger partial charge on any atom is 0.288 e. The zero-order valence-electron chi connectivity index (χ0n) is 13.0. The van der Waals surface area contributed by atoms with Gasteiger partial charge in [0.15, 0.2) is 5.76 Å². The van der Waals surface area contributed by atoms with Gasteiger partial charge in [0, 0.05) is 5.56 Å². The summed E-state index contributed by atoms with van der Waals surface area (Å²) >= 11 is 0. The first-order valence-electron chi connectivity index (χ1n) is 7.69. The number of hydrogen-bond donors (Lipinski definition) is 2. The van der Waals surface area contributed by atoms with Crippen molar-refractivity contribution in [2.75, 3.05) is 5.32 Å². The van der Waals surface area contributed by atoms with E-state index in [4.69, 9.17) is 4.42 Å². The smallest absolute Gasteiger partial charge is 0.288 e. The Morgan fingerprint density at radius 2 is 2.15 bits per heavy atom. The molecule has 0 saturated heterocycles. The number of halogens is 1. The quantitative estimate of drug-likeness (QED) is 0.499. The number of furan rings is 1. The summed E-state index contributed by atoms with van der Waals surface area (Å²) in [5.41, 5.74) is 1.28. The standard InChI is InChI=1S/C16H10FN7O2/c17-9-4-1-3-8(7-9)14-11-12(10-5-2-6-26-10)19-20-15(25)13(11)18-16-21-22-23-24(14)16/h1-7,14H,(H,20,25)(H,18,21,23)/t14-/m1/s1. The van der Waals surface area contributed by atoms with E-state index in [-0.39, 0.29) is 11.6 Å². The molecule has 0 spiro atoms. The summed E-state index contributed by atoms with van der Waals surface area (Å²) in [6.45, 7) is 0. The minimum atomic E-state index is -0.651. The highest BCUT2D eigenvalue weighted by atomic mass is 19.1. The number of rotatable bonds is 2. The molecule has 1 atom stereocenters. The van der Waals surface area contributed by atoms with E-state index in [0.29, 0.717) is 22.6 Å². The third kappa shape index (κ3) is 2.05. The van der Waals surface area contributed by atoms with Gasteiger partial charge in [-0.1, -0.05) is 17.2 Å². The predicted molar refractivity (Wildman–Crippen MR) is 87.3 cm³/mol. The van der Waals surface area contributed by atoms with Crippen molar-refractivity contribution in [2.24, 2.45) is 0 Å². The van der Waals surface area contributed by atoms with E-state index in [9.17, 15) is 9.18 Å². The van der Waals surface area contributed by atoms with Gasteiger partial charge in [0.05, 0.1) is 6.26 Å². The minimum Gasteiger partial charge on any atom is -0.463 e. The molecule has 0 amide bonds. The highest BCUT2D eigenvalue weighted by Crippen LogP contribution is 2.41. The average Bonchev–Trinajstić information content (AvgIpc) is 3.32. The lowest BCUT2D eigenvalue weighted by atomic mass is 9.94. The number of nitrogens with zero attached hydrogens (tertiary/aromatic N) is 5. The van der Waals surface area contributed by atoms with Crippen LogP contribution in [0.1, 0.15) is 17.2 Å². The molecule has 1 aliphatic rings. The van der Waals surface area contributed by atoms with E-state index in [1.165, 1.54) is 23.1 Å². The first kappa shape index (κ1) is 14.5. The lowest BCUT2D eigenvalue weighted by molar-refractivity contribution is 0.550. The Balaban J connectivity index is 1.85. The molecule has 0 unspecified atom stereocenters. The number of H-pyrrole nitrogens is 1. The van der Waals surface area contributed by atoms with E-state index in [1.54, 1.807) is 24.3 Å². The number of fused-ring (bicyclic) bond motifs is 2. The molecular weight excluding hydrogens is 341 g/mol. The van der Waals surface area contributed by atoms with Crippen LogP contribution in [-0.4, -0.2) is 30.4 Å². The second-order valence-electron chi connectivity index (χ2n) is 5.70. The highest BCUT2D eigenvalue weighted by molar-refractivity contribution is 5.73. The van der Waals surface area contributed by atoms with Gasteiger partial charge in [-0.05, 0) is 40.3 Å². The van der Waals surface area contributed by atoms with Crippen LogP contribution >= 0.6 is 0 Å². The number of aromatic nitrogens is 6. The van der Waals surface area contributed by atoms with Crippen molar-refractivity contribution in [1.82, 2.24) is 30.4 Å². The molecule has 5 rings (SSSR count). The van der Waals surface area contributed by atoms with E-state index >= 15 is 0 Å². The lowest BCUT2D eigenvalue weighted by Gasteiger charge is -2.27. The van der Waals surface area contributed by atoms with Gasteiger partial charge in [-0.3, -0.25) is 4.79 Å². The Morgan fingerprint density at radius 3 is 2.96 bits per heavy atom. The van der Waals surface area contributed by atoms with Gasteiger partial charge in [-0.25, -0.2) is 9.49 Å². The Bertz CT molecular complexity index is 1170. The molecule has 10 heteroatoms. The van der Waals surface area contributed by atoms with Crippen LogP contribution in [0.3, 0.4) is 0 Å². The fourth-order valence-electron chi connectivity index (χ4n) is 3.12. The van der Waals surface area contributed by atoms with Crippen LogP contribution in [0.15, 0.2) is 51.9 Å². The fraction of sp³-hybridized carbons (Fsp3) is 0.0625. The van der Waals surface area contributed by atoms with E-state index < -0.39 is 17.4 Å². The maximum atomic E-state index is 13.9. The van der Waals surface area contributed by atoms with Gasteiger partial charge in [-0.2, -0.15) is 9.78 Å². The second kappa shape index (κ2) is 5.34. The number of anilines is 2. The van der Waals surface area contributed by atoms with Gasteiger partial charge in [0.1, 0.15) is 23.2 Å². The summed E-state index contributed by atoms with van der Waals surface area (Å²) in [6, 6.07) is 8.82. The summed E-state index contributed by atoms with van der Waals surface area (Å²) < 4.78 is 20.8. The molecule has 0 aliphatic carbocycles. The number of tetrazole rings is 1. The van der Waals surface area contributed by atoms with Crippen LogP contribution in [-0.2, 0) is 0 Å². The molecule has 0 saturated carbocycles. The molecule has 26 heavy (non-hydrogen) atoms. The molecular formula is C16H10FN7O2. The number of nitrogens with one attached hydrogen (secondary N) is 2. The van der Waals surface area contributed by atoms with E-state index in [2.05, 4.69) is 31.0 Å². The molecule has 9 nitrogen and oxygen atoms in total. The summed E-state index contributed by atoms with van der Waals surface area (Å²) in [5.74, 6) is 0.320. The van der Waals surface area contributed by atoms with Gasteiger partial charge in [0.2, 0.25) is 5.95 Å². The summed E-state index contributed by atoms with van der Waals surface area (Å²) in [7, 11) is 0. The predicted octanol–water partition coefficient (Wildman–Crippen LogP) is 1.85. The number of aromatic amines is 1. The molecule has 4 heterocycles. The molecule has 2 N–H and O–H groups in total. The Kier molecular flexibility index (Phi) is 2.98. The normalized spacial score (nSPS) is 15.2. The zero-order valence-corrected chi connectivity index (χ0v) is 13.0. The van der Waals surface area contributed by atoms with E-state index in [0.717, 1.165) is 0 Å². The summed E-state index contributed by atoms with van der Waals surface area (Å²) in [6.07, 6.45) is 1.50. The van der Waals surface area contributed by atoms with Crippen molar-refractivity contribution in [1.29, 1.82) is 0 Å². The van der Waals surface area contributed by atoms with Crippen LogP contribution in [0.2, 0.25) is 0 Å². The molecule has 0 fully saturated rings. The summed E-state index contributed by atoms with van der Waals surface area (Å²) in [5, 5.41) is 21.0. The van der Waals surface area contributed by atoms with Gasteiger partial charge in [-0.15, -0.1) is 0 Å². The van der Waals surface area contributed by atoms with Crippen molar-refractivity contribution in [3.05, 3.63) is 70.0 Å². The molecule has 3 aromatic heterocycles. The van der Waals surface area contributed by atoms with Crippen molar-refractivity contribution in [3.8, 4) is 11.5 Å². The third-order valence-corrected chi connectivity index (χ3v) is 4.19. The Labute approximate surface area is 144 Å². The van der Waals surface area contributed by atoms with Crippen LogP contribution in [0.4, 0.5) is 16.0 Å². The monoisotopic (exact) mass is 351 g/mol. The van der Waals surface area contributed by atoms with Crippen LogP contribution < -0.4 is 10.9 Å². The molecule has 1 aliphatic heterocycles.